The molecule has 0 bridgehead atoms. The lowest BCUT2D eigenvalue weighted by Crippen LogP contribution is -2.27. The predicted molar refractivity (Wildman–Crippen MR) is 57.6 cm³/mol. The maximum atomic E-state index is 9.26. The SMILES string of the molecule is N#CC(C1CCCCCC1)C1CCC1. The largest absolute Gasteiger partial charge is 0.198 e. The summed E-state index contributed by atoms with van der Waals surface area (Å²) in [5.41, 5.74) is 0. The lowest BCUT2D eigenvalue weighted by atomic mass is 9.69. The Hall–Kier alpha value is -0.510. The van der Waals surface area contributed by atoms with Gasteiger partial charge in [0.1, 0.15) is 0 Å². The second-order valence-electron chi connectivity index (χ2n) is 5.10. The molecule has 0 aromatic heterocycles. The highest BCUT2D eigenvalue weighted by Gasteiger charge is 2.33. The summed E-state index contributed by atoms with van der Waals surface area (Å²) in [7, 11) is 0. The first-order chi connectivity index (χ1) is 6.92. The van der Waals surface area contributed by atoms with E-state index in [2.05, 4.69) is 6.07 Å². The van der Waals surface area contributed by atoms with Gasteiger partial charge in [-0.2, -0.15) is 5.26 Å². The topological polar surface area (TPSA) is 23.8 Å². The van der Waals surface area contributed by atoms with Crippen molar-refractivity contribution in [1.82, 2.24) is 0 Å². The van der Waals surface area contributed by atoms with E-state index < -0.39 is 0 Å². The molecule has 2 aliphatic carbocycles. The summed E-state index contributed by atoms with van der Waals surface area (Å²) in [6.45, 7) is 0. The zero-order valence-electron chi connectivity index (χ0n) is 9.04. The van der Waals surface area contributed by atoms with Crippen LogP contribution in [0.1, 0.15) is 57.8 Å². The summed E-state index contributed by atoms with van der Waals surface area (Å²) in [4.78, 5) is 0. The maximum absolute atomic E-state index is 9.26. The van der Waals surface area contributed by atoms with E-state index in [1.807, 2.05) is 0 Å². The van der Waals surface area contributed by atoms with Gasteiger partial charge in [0.15, 0.2) is 0 Å². The summed E-state index contributed by atoms with van der Waals surface area (Å²) in [5, 5.41) is 9.26. The van der Waals surface area contributed by atoms with Crippen molar-refractivity contribution in [3.63, 3.8) is 0 Å². The molecule has 2 aliphatic rings. The van der Waals surface area contributed by atoms with Crippen LogP contribution in [-0.4, -0.2) is 0 Å². The fourth-order valence-electron chi connectivity index (χ4n) is 3.06. The molecular weight excluding hydrogens is 170 g/mol. The van der Waals surface area contributed by atoms with Gasteiger partial charge in [-0.3, -0.25) is 0 Å². The molecule has 0 saturated heterocycles. The maximum Gasteiger partial charge on any atom is 0.0661 e. The summed E-state index contributed by atoms with van der Waals surface area (Å²) in [5.74, 6) is 1.91. The van der Waals surface area contributed by atoms with Gasteiger partial charge in [-0.25, -0.2) is 0 Å². The van der Waals surface area contributed by atoms with Gasteiger partial charge in [-0.15, -0.1) is 0 Å². The molecule has 78 valence electrons. The van der Waals surface area contributed by atoms with Crippen molar-refractivity contribution >= 4 is 0 Å². The van der Waals surface area contributed by atoms with E-state index in [9.17, 15) is 5.26 Å². The van der Waals surface area contributed by atoms with Crippen molar-refractivity contribution in [3.8, 4) is 6.07 Å². The Balaban J connectivity index is 1.92. The molecule has 1 nitrogen and oxygen atoms in total. The van der Waals surface area contributed by atoms with Crippen LogP contribution in [0.2, 0.25) is 0 Å². The second-order valence-corrected chi connectivity index (χ2v) is 5.10. The lowest BCUT2D eigenvalue weighted by molar-refractivity contribution is 0.176. The molecule has 1 atom stereocenters. The third-order valence-electron chi connectivity index (χ3n) is 4.21. The quantitative estimate of drug-likeness (QED) is 0.607. The van der Waals surface area contributed by atoms with Crippen LogP contribution in [0.25, 0.3) is 0 Å². The molecule has 2 rings (SSSR count). The highest BCUT2D eigenvalue weighted by molar-refractivity contribution is 4.95. The number of rotatable bonds is 2. The van der Waals surface area contributed by atoms with E-state index in [1.54, 1.807) is 0 Å². The Morgan fingerprint density at radius 1 is 0.786 bits per heavy atom. The second kappa shape index (κ2) is 4.82. The molecule has 14 heavy (non-hydrogen) atoms. The Kier molecular flexibility index (Phi) is 3.45. The van der Waals surface area contributed by atoms with E-state index in [0.29, 0.717) is 5.92 Å². The van der Waals surface area contributed by atoms with Crippen LogP contribution in [0.3, 0.4) is 0 Å². The van der Waals surface area contributed by atoms with Gasteiger partial charge >= 0.3 is 0 Å². The summed E-state index contributed by atoms with van der Waals surface area (Å²) >= 11 is 0. The van der Waals surface area contributed by atoms with E-state index in [0.717, 1.165) is 11.8 Å². The van der Waals surface area contributed by atoms with Gasteiger partial charge in [-0.05, 0) is 37.5 Å². The number of nitriles is 1. The summed E-state index contributed by atoms with van der Waals surface area (Å²) in [6, 6.07) is 2.60. The molecule has 0 aromatic rings. The van der Waals surface area contributed by atoms with E-state index >= 15 is 0 Å². The third kappa shape index (κ3) is 2.11. The molecule has 0 aliphatic heterocycles. The van der Waals surface area contributed by atoms with E-state index in [1.165, 1.54) is 57.8 Å². The van der Waals surface area contributed by atoms with E-state index in [4.69, 9.17) is 0 Å². The van der Waals surface area contributed by atoms with Crippen LogP contribution in [-0.2, 0) is 0 Å². The first-order valence-corrected chi connectivity index (χ1v) is 6.31. The van der Waals surface area contributed by atoms with Crippen molar-refractivity contribution in [2.24, 2.45) is 17.8 Å². The van der Waals surface area contributed by atoms with Crippen molar-refractivity contribution in [2.75, 3.05) is 0 Å². The molecule has 2 fully saturated rings. The Bertz CT molecular complexity index is 204. The van der Waals surface area contributed by atoms with Crippen LogP contribution in [0.4, 0.5) is 0 Å². The number of nitrogens with zero attached hydrogens (tertiary/aromatic N) is 1. The molecular formula is C13H21N. The lowest BCUT2D eigenvalue weighted by Gasteiger charge is -2.34. The molecule has 1 unspecified atom stereocenters. The minimum absolute atomic E-state index is 0.404. The smallest absolute Gasteiger partial charge is 0.0661 e. The van der Waals surface area contributed by atoms with Gasteiger partial charge in [0, 0.05) is 0 Å². The monoisotopic (exact) mass is 191 g/mol. The Morgan fingerprint density at radius 3 is 1.64 bits per heavy atom. The van der Waals surface area contributed by atoms with Crippen molar-refractivity contribution in [1.29, 1.82) is 5.26 Å². The zero-order chi connectivity index (χ0) is 9.80. The van der Waals surface area contributed by atoms with Crippen LogP contribution < -0.4 is 0 Å². The van der Waals surface area contributed by atoms with Gasteiger partial charge in [-0.1, -0.05) is 32.1 Å². The fraction of sp³-hybridized carbons (Fsp3) is 0.923. The van der Waals surface area contributed by atoms with Crippen molar-refractivity contribution in [3.05, 3.63) is 0 Å². The van der Waals surface area contributed by atoms with Gasteiger partial charge in [0.2, 0.25) is 0 Å². The molecule has 0 aromatic carbocycles. The third-order valence-corrected chi connectivity index (χ3v) is 4.21. The molecule has 2 saturated carbocycles. The Morgan fingerprint density at radius 2 is 1.29 bits per heavy atom. The summed E-state index contributed by atoms with van der Waals surface area (Å²) in [6.07, 6.45) is 12.2. The molecule has 0 amide bonds. The molecule has 0 heterocycles. The molecule has 0 radical (unpaired) electrons. The standard InChI is InChI=1S/C13H21N/c14-10-13(12-8-5-9-12)11-6-3-1-2-4-7-11/h11-13H,1-9H2. The van der Waals surface area contributed by atoms with E-state index in [-0.39, 0.29) is 0 Å². The highest BCUT2D eigenvalue weighted by atomic mass is 14.4. The Labute approximate surface area is 87.5 Å². The average molecular weight is 191 g/mol. The minimum Gasteiger partial charge on any atom is -0.198 e. The average Bonchev–Trinajstić information content (AvgIpc) is 2.38. The minimum atomic E-state index is 0.404. The van der Waals surface area contributed by atoms with Crippen LogP contribution in [0.15, 0.2) is 0 Å². The van der Waals surface area contributed by atoms with Crippen LogP contribution in [0, 0.1) is 29.1 Å². The zero-order valence-corrected chi connectivity index (χ0v) is 9.04. The van der Waals surface area contributed by atoms with Gasteiger partial charge in [0.25, 0.3) is 0 Å². The number of hydrogen-bond donors (Lipinski definition) is 0. The first kappa shape index (κ1) is 10.0. The molecule has 1 heteroatoms. The summed E-state index contributed by atoms with van der Waals surface area (Å²) < 4.78 is 0. The predicted octanol–water partition coefficient (Wildman–Crippen LogP) is 3.90. The normalized spacial score (nSPS) is 27.4. The first-order valence-electron chi connectivity index (χ1n) is 6.31. The van der Waals surface area contributed by atoms with Gasteiger partial charge in [0.05, 0.1) is 12.0 Å². The van der Waals surface area contributed by atoms with Gasteiger partial charge < -0.3 is 0 Å². The molecule has 0 spiro atoms. The van der Waals surface area contributed by atoms with Crippen molar-refractivity contribution < 1.29 is 0 Å². The van der Waals surface area contributed by atoms with Crippen molar-refractivity contribution in [2.45, 2.75) is 57.8 Å². The van der Waals surface area contributed by atoms with Crippen LogP contribution >= 0.6 is 0 Å². The fourth-order valence-corrected chi connectivity index (χ4v) is 3.06. The highest BCUT2D eigenvalue weighted by Crippen LogP contribution is 2.41. The molecule has 0 N–H and O–H groups in total. The number of hydrogen-bond acceptors (Lipinski definition) is 1. The van der Waals surface area contributed by atoms with Crippen LogP contribution in [0.5, 0.6) is 0 Å².